The lowest BCUT2D eigenvalue weighted by molar-refractivity contribution is -0.141. The molecule has 0 aliphatic carbocycles. The van der Waals surface area contributed by atoms with Crippen LogP contribution < -0.4 is 5.56 Å². The number of pyridine rings is 2. The van der Waals surface area contributed by atoms with Crippen molar-refractivity contribution in [2.75, 3.05) is 0 Å². The van der Waals surface area contributed by atoms with E-state index in [9.17, 15) is 18.0 Å². The fourth-order valence-corrected chi connectivity index (χ4v) is 3.60. The van der Waals surface area contributed by atoms with E-state index in [2.05, 4.69) is 25.3 Å². The Labute approximate surface area is 194 Å². The molecule has 168 valence electrons. The predicted octanol–water partition coefficient (Wildman–Crippen LogP) is 4.95. The van der Waals surface area contributed by atoms with Crippen LogP contribution in [-0.2, 0) is 6.18 Å². The molecule has 0 spiro atoms. The van der Waals surface area contributed by atoms with Crippen LogP contribution in [0.5, 0.6) is 0 Å². The molecule has 0 fully saturated rings. The van der Waals surface area contributed by atoms with Crippen LogP contribution in [-0.4, -0.2) is 29.8 Å². The van der Waals surface area contributed by atoms with E-state index in [0.717, 1.165) is 34.0 Å². The third kappa shape index (κ3) is 3.88. The zero-order chi connectivity index (χ0) is 23.9. The lowest BCUT2D eigenvalue weighted by Gasteiger charge is -2.13. The fourth-order valence-electron chi connectivity index (χ4n) is 3.48. The van der Waals surface area contributed by atoms with Crippen LogP contribution in [0.25, 0.3) is 39.2 Å². The SMILES string of the molecule is O=c1c(-c2ccc(C(F)(F)F)nc2)nnc2c(-c3ccncc3)c(-c3ccc(Cl)cc3)cnn12. The predicted molar refractivity (Wildman–Crippen MR) is 119 cm³/mol. The molecule has 11 heteroatoms. The van der Waals surface area contributed by atoms with Gasteiger partial charge in [-0.15, -0.1) is 10.2 Å². The largest absolute Gasteiger partial charge is 0.433 e. The summed E-state index contributed by atoms with van der Waals surface area (Å²) < 4.78 is 39.6. The Balaban J connectivity index is 1.73. The summed E-state index contributed by atoms with van der Waals surface area (Å²) in [6.07, 6.45) is 1.06. The molecule has 1 aromatic carbocycles. The van der Waals surface area contributed by atoms with Gasteiger partial charge in [0.25, 0.3) is 0 Å². The maximum absolute atomic E-state index is 13.2. The number of hydrogen-bond donors (Lipinski definition) is 0. The van der Waals surface area contributed by atoms with Gasteiger partial charge in [-0.2, -0.15) is 22.8 Å². The molecule has 0 atom stereocenters. The maximum Gasteiger partial charge on any atom is 0.433 e. The monoisotopic (exact) mass is 480 g/mol. The van der Waals surface area contributed by atoms with Gasteiger partial charge in [0.05, 0.1) is 6.20 Å². The Morgan fingerprint density at radius 3 is 2.18 bits per heavy atom. The van der Waals surface area contributed by atoms with E-state index in [1.54, 1.807) is 36.7 Å². The summed E-state index contributed by atoms with van der Waals surface area (Å²) >= 11 is 6.02. The Kier molecular flexibility index (Phi) is 5.29. The molecule has 5 rings (SSSR count). The van der Waals surface area contributed by atoms with E-state index < -0.39 is 17.4 Å². The van der Waals surface area contributed by atoms with Crippen molar-refractivity contribution >= 4 is 17.2 Å². The normalized spacial score (nSPS) is 11.6. The van der Waals surface area contributed by atoms with Gasteiger partial charge < -0.3 is 0 Å². The third-order valence-electron chi connectivity index (χ3n) is 5.09. The Hall–Kier alpha value is -4.18. The molecule has 5 aromatic rings. The molecule has 34 heavy (non-hydrogen) atoms. The first kappa shape index (κ1) is 21.7. The van der Waals surface area contributed by atoms with Crippen LogP contribution in [0, 0.1) is 0 Å². The second-order valence-corrected chi connectivity index (χ2v) is 7.63. The highest BCUT2D eigenvalue weighted by atomic mass is 35.5. The first-order chi connectivity index (χ1) is 16.3. The van der Waals surface area contributed by atoms with Crippen molar-refractivity contribution < 1.29 is 13.2 Å². The summed E-state index contributed by atoms with van der Waals surface area (Å²) in [6, 6.07) is 12.5. The minimum absolute atomic E-state index is 0.0916. The van der Waals surface area contributed by atoms with Crippen molar-refractivity contribution in [2.24, 2.45) is 0 Å². The molecule has 4 aromatic heterocycles. The van der Waals surface area contributed by atoms with Crippen molar-refractivity contribution in [3.63, 3.8) is 0 Å². The van der Waals surface area contributed by atoms with Gasteiger partial charge in [-0.1, -0.05) is 23.7 Å². The highest BCUT2D eigenvalue weighted by molar-refractivity contribution is 6.30. The number of nitrogens with zero attached hydrogens (tertiary/aromatic N) is 6. The van der Waals surface area contributed by atoms with E-state index >= 15 is 0 Å². The highest BCUT2D eigenvalue weighted by Gasteiger charge is 2.32. The average molecular weight is 481 g/mol. The lowest BCUT2D eigenvalue weighted by atomic mass is 9.97. The number of benzene rings is 1. The molecule has 4 heterocycles. The number of fused-ring (bicyclic) bond motifs is 1. The van der Waals surface area contributed by atoms with Crippen LogP contribution in [0.2, 0.25) is 5.02 Å². The Bertz CT molecular complexity index is 1550. The second-order valence-electron chi connectivity index (χ2n) is 7.20. The summed E-state index contributed by atoms with van der Waals surface area (Å²) in [5, 5.41) is 13.1. The topological polar surface area (TPSA) is 85.9 Å². The smallest absolute Gasteiger partial charge is 0.265 e. The minimum Gasteiger partial charge on any atom is -0.265 e. The summed E-state index contributed by atoms with van der Waals surface area (Å²) in [5.41, 5.74) is 1.14. The zero-order valence-electron chi connectivity index (χ0n) is 17.0. The van der Waals surface area contributed by atoms with E-state index in [0.29, 0.717) is 16.1 Å². The van der Waals surface area contributed by atoms with Crippen molar-refractivity contribution in [1.82, 2.24) is 29.8 Å². The Morgan fingerprint density at radius 1 is 0.824 bits per heavy atom. The number of aromatic nitrogens is 6. The molecule has 0 N–H and O–H groups in total. The second kappa shape index (κ2) is 8.31. The molecule has 7 nitrogen and oxygen atoms in total. The fraction of sp³-hybridized carbons (Fsp3) is 0.0435. The molecule has 0 amide bonds. The Morgan fingerprint density at radius 2 is 1.53 bits per heavy atom. The van der Waals surface area contributed by atoms with Gasteiger partial charge in [-0.25, -0.2) is 0 Å². The molecule has 0 unspecified atom stereocenters. The summed E-state index contributed by atoms with van der Waals surface area (Å²) in [6.45, 7) is 0. The van der Waals surface area contributed by atoms with Crippen LogP contribution in [0.4, 0.5) is 13.2 Å². The summed E-state index contributed by atoms with van der Waals surface area (Å²) in [5.74, 6) is 0. The van der Waals surface area contributed by atoms with Gasteiger partial charge in [0, 0.05) is 40.3 Å². The van der Waals surface area contributed by atoms with Gasteiger partial charge in [0.15, 0.2) is 11.3 Å². The van der Waals surface area contributed by atoms with Crippen LogP contribution in [0.1, 0.15) is 5.69 Å². The third-order valence-corrected chi connectivity index (χ3v) is 5.34. The van der Waals surface area contributed by atoms with Gasteiger partial charge in [-0.3, -0.25) is 14.8 Å². The zero-order valence-corrected chi connectivity index (χ0v) is 17.8. The number of rotatable bonds is 3. The molecule has 0 saturated heterocycles. The molecule has 0 radical (unpaired) electrons. The van der Waals surface area contributed by atoms with Crippen molar-refractivity contribution in [3.8, 4) is 33.5 Å². The summed E-state index contributed by atoms with van der Waals surface area (Å²) in [7, 11) is 0. The van der Waals surface area contributed by atoms with E-state index in [4.69, 9.17) is 11.6 Å². The quantitative estimate of drug-likeness (QED) is 0.363. The molecule has 0 bridgehead atoms. The van der Waals surface area contributed by atoms with Gasteiger partial charge in [0.1, 0.15) is 5.69 Å². The minimum atomic E-state index is -4.60. The van der Waals surface area contributed by atoms with E-state index in [1.165, 1.54) is 6.20 Å². The molecule has 0 aliphatic heterocycles. The number of halogens is 4. The van der Waals surface area contributed by atoms with Crippen molar-refractivity contribution in [2.45, 2.75) is 6.18 Å². The number of hydrogen-bond acceptors (Lipinski definition) is 6. The maximum atomic E-state index is 13.2. The van der Waals surface area contributed by atoms with E-state index in [1.807, 2.05) is 12.1 Å². The van der Waals surface area contributed by atoms with Gasteiger partial charge in [0.2, 0.25) is 0 Å². The van der Waals surface area contributed by atoms with E-state index in [-0.39, 0.29) is 16.9 Å². The van der Waals surface area contributed by atoms with Crippen LogP contribution in [0.15, 0.2) is 78.1 Å². The molecular weight excluding hydrogens is 469 g/mol. The lowest BCUT2D eigenvalue weighted by Crippen LogP contribution is -2.22. The first-order valence-corrected chi connectivity index (χ1v) is 10.2. The van der Waals surface area contributed by atoms with Crippen LogP contribution in [0.3, 0.4) is 0 Å². The summed E-state index contributed by atoms with van der Waals surface area (Å²) in [4.78, 5) is 20.6. The van der Waals surface area contributed by atoms with Crippen molar-refractivity contribution in [3.05, 3.63) is 94.4 Å². The molecule has 0 aliphatic rings. The molecular formula is C23H12ClF3N6O. The van der Waals surface area contributed by atoms with Crippen LogP contribution >= 0.6 is 11.6 Å². The average Bonchev–Trinajstić information content (AvgIpc) is 2.84. The van der Waals surface area contributed by atoms with Gasteiger partial charge in [-0.05, 0) is 47.5 Å². The number of alkyl halides is 3. The highest BCUT2D eigenvalue weighted by Crippen LogP contribution is 2.34. The first-order valence-electron chi connectivity index (χ1n) is 9.81. The molecule has 0 saturated carbocycles. The van der Waals surface area contributed by atoms with Gasteiger partial charge >= 0.3 is 11.7 Å². The van der Waals surface area contributed by atoms with Crippen molar-refractivity contribution in [1.29, 1.82) is 0 Å². The standard InChI is InChI=1S/C23H12ClF3N6O/c24-16-4-1-13(2-5-16)17-12-30-33-21(19(17)14-7-9-28-10-8-14)32-31-20(22(33)34)15-3-6-18(29-11-15)23(25,26)27/h1-12H.